The van der Waals surface area contributed by atoms with Gasteiger partial charge in [0, 0.05) is 16.7 Å². The first kappa shape index (κ1) is 14.2. The quantitative estimate of drug-likeness (QED) is 0.575. The molecule has 0 radical (unpaired) electrons. The molecule has 5 heteroatoms. The molecule has 22 heavy (non-hydrogen) atoms. The fraction of sp³-hybridized carbons (Fsp3) is 0.118. The number of rotatable bonds is 2. The van der Waals surface area contributed by atoms with Crippen LogP contribution in [0.1, 0.15) is 38.8 Å². The van der Waals surface area contributed by atoms with Crippen molar-refractivity contribution in [1.29, 1.82) is 0 Å². The smallest absolute Gasteiger partial charge is 0.340 e. The molecule has 1 unspecified atom stereocenters. The van der Waals surface area contributed by atoms with Gasteiger partial charge in [0.1, 0.15) is 11.9 Å². The Morgan fingerprint density at radius 1 is 0.955 bits per heavy atom. The van der Waals surface area contributed by atoms with E-state index >= 15 is 0 Å². The number of aliphatic hydroxyl groups excluding tert-OH is 1. The number of carbonyl (C=O) groups excluding carboxylic acids is 3. The number of ether oxygens (including phenoxy) is 1. The summed E-state index contributed by atoms with van der Waals surface area (Å²) in [5, 5.41) is 9.24. The molecule has 0 bridgehead atoms. The Labute approximate surface area is 126 Å². The molecule has 0 amide bonds. The predicted octanol–water partition coefficient (Wildman–Crippen LogP) is 1.75. The summed E-state index contributed by atoms with van der Waals surface area (Å²) in [6.45, 7) is 1.26. The summed E-state index contributed by atoms with van der Waals surface area (Å²) >= 11 is 0. The first-order valence-corrected chi connectivity index (χ1v) is 6.72. The van der Waals surface area contributed by atoms with Crippen LogP contribution in [0.2, 0.25) is 0 Å². The number of fused-ring (bicyclic) bond motifs is 2. The molecule has 1 aliphatic rings. The van der Waals surface area contributed by atoms with Crippen molar-refractivity contribution in [3.63, 3.8) is 0 Å². The van der Waals surface area contributed by atoms with Gasteiger partial charge in [-0.2, -0.15) is 0 Å². The van der Waals surface area contributed by atoms with Crippen molar-refractivity contribution in [3.05, 3.63) is 64.7 Å². The molecule has 0 fully saturated rings. The van der Waals surface area contributed by atoms with Gasteiger partial charge in [-0.3, -0.25) is 9.59 Å². The number of hydrogen-bond donors (Lipinski definition) is 1. The van der Waals surface area contributed by atoms with E-state index in [1.807, 2.05) is 0 Å². The largest absolute Gasteiger partial charge is 0.424 e. The molecular formula is C17H12O5. The van der Waals surface area contributed by atoms with Crippen LogP contribution in [0.15, 0.2) is 42.5 Å². The minimum Gasteiger partial charge on any atom is -0.424 e. The first-order valence-electron chi connectivity index (χ1n) is 6.72. The van der Waals surface area contributed by atoms with E-state index < -0.39 is 12.1 Å². The van der Waals surface area contributed by atoms with Gasteiger partial charge >= 0.3 is 5.97 Å². The Morgan fingerprint density at radius 3 is 2.18 bits per heavy atom. The molecule has 0 aromatic heterocycles. The van der Waals surface area contributed by atoms with Crippen molar-refractivity contribution in [1.82, 2.24) is 0 Å². The van der Waals surface area contributed by atoms with E-state index in [2.05, 4.69) is 0 Å². The normalized spacial score (nSPS) is 14.1. The summed E-state index contributed by atoms with van der Waals surface area (Å²) in [6, 6.07) is 11.0. The van der Waals surface area contributed by atoms with Crippen LogP contribution >= 0.6 is 0 Å². The summed E-state index contributed by atoms with van der Waals surface area (Å²) in [4.78, 5) is 36.7. The van der Waals surface area contributed by atoms with E-state index in [-0.39, 0.29) is 34.0 Å². The fourth-order valence-corrected chi connectivity index (χ4v) is 2.39. The van der Waals surface area contributed by atoms with Gasteiger partial charge in [0.25, 0.3) is 0 Å². The molecule has 2 aromatic carbocycles. The van der Waals surface area contributed by atoms with Gasteiger partial charge in [0.2, 0.25) is 0 Å². The maximum absolute atomic E-state index is 12.6. The summed E-state index contributed by atoms with van der Waals surface area (Å²) < 4.78 is 5.05. The lowest BCUT2D eigenvalue weighted by Gasteiger charge is -2.19. The maximum Gasteiger partial charge on any atom is 0.340 e. The van der Waals surface area contributed by atoms with Crippen molar-refractivity contribution in [3.8, 4) is 5.75 Å². The lowest BCUT2D eigenvalue weighted by Crippen LogP contribution is -2.26. The highest BCUT2D eigenvalue weighted by atomic mass is 16.5. The molecule has 1 N–H and O–H groups in total. The van der Waals surface area contributed by atoms with Crippen LogP contribution in [-0.4, -0.2) is 28.7 Å². The summed E-state index contributed by atoms with van der Waals surface area (Å²) in [5.41, 5.74) is 0.861. The summed E-state index contributed by atoms with van der Waals surface area (Å²) in [6.07, 6.45) is -1.32. The van der Waals surface area contributed by atoms with Gasteiger partial charge in [0.15, 0.2) is 11.6 Å². The SMILES string of the molecule is CC(O)C(=O)Oc1cccc2c1C(=O)c1ccccc1C2=O. The van der Waals surface area contributed by atoms with Crippen molar-refractivity contribution in [2.45, 2.75) is 13.0 Å². The highest BCUT2D eigenvalue weighted by Gasteiger charge is 2.32. The topological polar surface area (TPSA) is 80.7 Å². The lowest BCUT2D eigenvalue weighted by atomic mass is 9.83. The molecule has 1 aliphatic carbocycles. The van der Waals surface area contributed by atoms with Gasteiger partial charge in [0.05, 0.1) is 5.56 Å². The minimum atomic E-state index is -1.32. The van der Waals surface area contributed by atoms with E-state index in [0.717, 1.165) is 0 Å². The minimum absolute atomic E-state index is 0.0174. The first-order chi connectivity index (χ1) is 10.5. The molecule has 2 aromatic rings. The molecule has 0 saturated heterocycles. The molecule has 0 heterocycles. The zero-order valence-electron chi connectivity index (χ0n) is 11.7. The lowest BCUT2D eigenvalue weighted by molar-refractivity contribution is -0.142. The Morgan fingerprint density at radius 2 is 1.55 bits per heavy atom. The van der Waals surface area contributed by atoms with Gasteiger partial charge < -0.3 is 9.84 Å². The third-order valence-corrected chi connectivity index (χ3v) is 3.47. The van der Waals surface area contributed by atoms with Crippen LogP contribution in [0, 0.1) is 0 Å². The third kappa shape index (κ3) is 2.12. The molecule has 0 aliphatic heterocycles. The molecule has 0 spiro atoms. The van der Waals surface area contributed by atoms with Crippen molar-refractivity contribution >= 4 is 17.5 Å². The van der Waals surface area contributed by atoms with Crippen LogP contribution < -0.4 is 4.74 Å². The van der Waals surface area contributed by atoms with Crippen LogP contribution in [0.5, 0.6) is 5.75 Å². The van der Waals surface area contributed by atoms with Gasteiger partial charge in [-0.25, -0.2) is 4.79 Å². The molecule has 0 saturated carbocycles. The van der Waals surface area contributed by atoms with Crippen LogP contribution in [0.25, 0.3) is 0 Å². The number of ketones is 2. The highest BCUT2D eigenvalue weighted by molar-refractivity contribution is 6.29. The molecule has 110 valence electrons. The van der Waals surface area contributed by atoms with Crippen LogP contribution in [0.4, 0.5) is 0 Å². The van der Waals surface area contributed by atoms with Gasteiger partial charge in [-0.1, -0.05) is 36.4 Å². The zero-order valence-corrected chi connectivity index (χ0v) is 11.7. The maximum atomic E-state index is 12.6. The summed E-state index contributed by atoms with van der Waals surface area (Å²) in [7, 11) is 0. The van der Waals surface area contributed by atoms with Gasteiger partial charge in [-0.15, -0.1) is 0 Å². The van der Waals surface area contributed by atoms with E-state index in [9.17, 15) is 19.5 Å². The monoisotopic (exact) mass is 296 g/mol. The molecule has 3 rings (SSSR count). The number of hydrogen-bond acceptors (Lipinski definition) is 5. The highest BCUT2D eigenvalue weighted by Crippen LogP contribution is 2.33. The number of esters is 1. The second-order valence-corrected chi connectivity index (χ2v) is 4.98. The van der Waals surface area contributed by atoms with E-state index in [0.29, 0.717) is 5.56 Å². The van der Waals surface area contributed by atoms with Crippen molar-refractivity contribution in [2.24, 2.45) is 0 Å². The third-order valence-electron chi connectivity index (χ3n) is 3.47. The Kier molecular flexibility index (Phi) is 3.35. The average Bonchev–Trinajstić information content (AvgIpc) is 2.52. The zero-order chi connectivity index (χ0) is 15.9. The molecule has 5 nitrogen and oxygen atoms in total. The second-order valence-electron chi connectivity index (χ2n) is 4.98. The van der Waals surface area contributed by atoms with E-state index in [1.54, 1.807) is 24.3 Å². The number of benzene rings is 2. The van der Waals surface area contributed by atoms with E-state index in [1.165, 1.54) is 25.1 Å². The van der Waals surface area contributed by atoms with E-state index in [4.69, 9.17) is 4.74 Å². The molecular weight excluding hydrogens is 284 g/mol. The Balaban J connectivity index is 2.15. The Hall–Kier alpha value is -2.79. The average molecular weight is 296 g/mol. The number of carbonyl (C=O) groups is 3. The molecule has 1 atom stereocenters. The van der Waals surface area contributed by atoms with Crippen molar-refractivity contribution < 1.29 is 24.2 Å². The fourth-order valence-electron chi connectivity index (χ4n) is 2.39. The summed E-state index contributed by atoms with van der Waals surface area (Å²) in [5.74, 6) is -1.57. The number of aliphatic hydroxyl groups is 1. The van der Waals surface area contributed by atoms with Gasteiger partial charge in [-0.05, 0) is 13.0 Å². The predicted molar refractivity (Wildman–Crippen MR) is 77.1 cm³/mol. The standard InChI is InChI=1S/C17H12O5/c1-9(18)17(21)22-13-8-4-7-12-14(13)16(20)11-6-3-2-5-10(11)15(12)19/h2-9,18H,1H3. The Bertz CT molecular complexity index is 804. The van der Waals surface area contributed by atoms with Crippen LogP contribution in [0.3, 0.4) is 0 Å². The van der Waals surface area contributed by atoms with Crippen molar-refractivity contribution in [2.75, 3.05) is 0 Å². The van der Waals surface area contributed by atoms with Crippen LogP contribution in [-0.2, 0) is 4.79 Å². The second kappa shape index (κ2) is 5.20.